The van der Waals surface area contributed by atoms with Crippen LogP contribution in [0.2, 0.25) is 18.1 Å². The van der Waals surface area contributed by atoms with Crippen LogP contribution in [0, 0.1) is 6.92 Å². The van der Waals surface area contributed by atoms with E-state index in [0.717, 1.165) is 56.0 Å². The second-order valence-corrected chi connectivity index (χ2v) is 14.9. The topological polar surface area (TPSA) is 46.2 Å². The standard InChI is InChI=1S/C28H38O5Si/c1-18-14-23(31-7)27-21(12-11-13-22(27)30-6)25(18)26-19(15-20(29-5)16-24(26)32-8)17-33-34(9,10)28(2,3)4/h11-16H,17H2,1-10H3. The van der Waals surface area contributed by atoms with E-state index in [1.54, 1.807) is 28.4 Å². The summed E-state index contributed by atoms with van der Waals surface area (Å²) in [4.78, 5) is 0. The van der Waals surface area contributed by atoms with Crippen LogP contribution in [-0.4, -0.2) is 36.8 Å². The summed E-state index contributed by atoms with van der Waals surface area (Å²) in [5.41, 5.74) is 4.18. The molecule has 3 aromatic carbocycles. The van der Waals surface area contributed by atoms with E-state index in [0.29, 0.717) is 6.61 Å². The Kier molecular flexibility index (Phi) is 7.53. The molecule has 0 fully saturated rings. The predicted octanol–water partition coefficient (Wildman–Crippen LogP) is 7.37. The molecule has 3 rings (SSSR count). The zero-order chi connectivity index (χ0) is 25.3. The minimum atomic E-state index is -1.99. The van der Waals surface area contributed by atoms with Gasteiger partial charge in [0.15, 0.2) is 8.32 Å². The molecule has 0 unspecified atom stereocenters. The number of rotatable bonds is 8. The van der Waals surface area contributed by atoms with E-state index in [2.05, 4.69) is 59.0 Å². The minimum Gasteiger partial charge on any atom is -0.497 e. The van der Waals surface area contributed by atoms with Crippen LogP contribution >= 0.6 is 0 Å². The van der Waals surface area contributed by atoms with Crippen molar-refractivity contribution in [2.45, 2.75) is 52.4 Å². The molecule has 6 heteroatoms. The number of benzene rings is 3. The molecule has 0 spiro atoms. The lowest BCUT2D eigenvalue weighted by atomic mass is 9.89. The molecule has 0 aliphatic carbocycles. The molecule has 34 heavy (non-hydrogen) atoms. The Bertz CT molecular complexity index is 1180. The molecular formula is C28H38O5Si. The van der Waals surface area contributed by atoms with E-state index >= 15 is 0 Å². The lowest BCUT2D eigenvalue weighted by molar-refractivity contribution is 0.275. The summed E-state index contributed by atoms with van der Waals surface area (Å²) in [5, 5.41) is 2.07. The molecule has 0 saturated carbocycles. The van der Waals surface area contributed by atoms with E-state index in [1.807, 2.05) is 18.2 Å². The van der Waals surface area contributed by atoms with Gasteiger partial charge >= 0.3 is 0 Å². The molecule has 3 aromatic rings. The fourth-order valence-electron chi connectivity index (χ4n) is 4.01. The molecular weight excluding hydrogens is 444 g/mol. The SMILES string of the molecule is COc1cc(CO[Si](C)(C)C(C)(C)C)c(-c2c(C)cc(OC)c3c(OC)cccc23)c(OC)c1. The van der Waals surface area contributed by atoms with Crippen molar-refractivity contribution in [3.63, 3.8) is 0 Å². The first-order valence-electron chi connectivity index (χ1n) is 11.5. The van der Waals surface area contributed by atoms with Gasteiger partial charge in [-0.15, -0.1) is 0 Å². The van der Waals surface area contributed by atoms with Crippen molar-refractivity contribution in [2.24, 2.45) is 0 Å². The molecule has 0 N–H and O–H groups in total. The smallest absolute Gasteiger partial charge is 0.192 e. The Balaban J connectivity index is 2.34. The van der Waals surface area contributed by atoms with Crippen LogP contribution < -0.4 is 18.9 Å². The summed E-state index contributed by atoms with van der Waals surface area (Å²) in [7, 11) is 4.75. The summed E-state index contributed by atoms with van der Waals surface area (Å²) in [6, 6.07) is 12.1. The number of fused-ring (bicyclic) bond motifs is 1. The Labute approximate surface area is 205 Å². The van der Waals surface area contributed by atoms with Gasteiger partial charge in [0.25, 0.3) is 0 Å². The molecule has 5 nitrogen and oxygen atoms in total. The van der Waals surface area contributed by atoms with Crippen LogP contribution in [0.4, 0.5) is 0 Å². The van der Waals surface area contributed by atoms with Gasteiger partial charge in [0.2, 0.25) is 0 Å². The van der Waals surface area contributed by atoms with Crippen LogP contribution in [0.15, 0.2) is 36.4 Å². The lowest BCUT2D eigenvalue weighted by Crippen LogP contribution is -2.40. The van der Waals surface area contributed by atoms with Gasteiger partial charge in [0.05, 0.1) is 40.4 Å². The van der Waals surface area contributed by atoms with E-state index < -0.39 is 8.32 Å². The maximum atomic E-state index is 6.66. The van der Waals surface area contributed by atoms with Crippen molar-refractivity contribution >= 4 is 19.1 Å². The molecule has 0 bridgehead atoms. The summed E-state index contributed by atoms with van der Waals surface area (Å²) in [5.74, 6) is 3.02. The summed E-state index contributed by atoms with van der Waals surface area (Å²) in [6.07, 6.45) is 0. The van der Waals surface area contributed by atoms with Gasteiger partial charge in [-0.05, 0) is 65.3 Å². The van der Waals surface area contributed by atoms with E-state index in [1.165, 1.54) is 0 Å². The maximum absolute atomic E-state index is 6.66. The molecule has 0 aromatic heterocycles. The van der Waals surface area contributed by atoms with E-state index in [9.17, 15) is 0 Å². The highest BCUT2D eigenvalue weighted by atomic mass is 28.4. The van der Waals surface area contributed by atoms with Gasteiger partial charge in [-0.25, -0.2) is 0 Å². The van der Waals surface area contributed by atoms with Crippen molar-refractivity contribution in [2.75, 3.05) is 28.4 Å². The Morgan fingerprint density at radius 3 is 1.97 bits per heavy atom. The number of hydrogen-bond acceptors (Lipinski definition) is 5. The monoisotopic (exact) mass is 482 g/mol. The summed E-state index contributed by atoms with van der Waals surface area (Å²) >= 11 is 0. The van der Waals surface area contributed by atoms with Crippen molar-refractivity contribution in [3.8, 4) is 34.1 Å². The third kappa shape index (κ3) is 4.75. The quantitative estimate of drug-likeness (QED) is 0.314. The second-order valence-electron chi connectivity index (χ2n) is 10.1. The molecule has 0 atom stereocenters. The zero-order valence-electron chi connectivity index (χ0n) is 22.2. The fourth-order valence-corrected chi connectivity index (χ4v) is 4.96. The predicted molar refractivity (Wildman–Crippen MR) is 142 cm³/mol. The molecule has 0 heterocycles. The first-order valence-corrected chi connectivity index (χ1v) is 14.4. The first-order chi connectivity index (χ1) is 16.0. The normalized spacial score (nSPS) is 12.1. The third-order valence-electron chi connectivity index (χ3n) is 6.98. The van der Waals surface area contributed by atoms with E-state index in [-0.39, 0.29) is 5.04 Å². The van der Waals surface area contributed by atoms with Crippen LogP contribution in [-0.2, 0) is 11.0 Å². The van der Waals surface area contributed by atoms with Crippen molar-refractivity contribution < 1.29 is 23.4 Å². The molecule has 184 valence electrons. The highest BCUT2D eigenvalue weighted by Crippen LogP contribution is 2.47. The second kappa shape index (κ2) is 9.88. The number of hydrogen-bond donors (Lipinski definition) is 0. The highest BCUT2D eigenvalue weighted by Gasteiger charge is 2.37. The molecule has 0 radical (unpaired) electrons. The zero-order valence-corrected chi connectivity index (χ0v) is 23.2. The largest absolute Gasteiger partial charge is 0.497 e. The van der Waals surface area contributed by atoms with Crippen LogP contribution in [0.5, 0.6) is 23.0 Å². The van der Waals surface area contributed by atoms with Gasteiger partial charge < -0.3 is 23.4 Å². The molecule has 0 saturated heterocycles. The number of methoxy groups -OCH3 is 4. The Morgan fingerprint density at radius 1 is 0.765 bits per heavy atom. The van der Waals surface area contributed by atoms with Crippen LogP contribution in [0.3, 0.4) is 0 Å². The highest BCUT2D eigenvalue weighted by molar-refractivity contribution is 6.74. The number of aryl methyl sites for hydroxylation is 1. The van der Waals surface area contributed by atoms with Gasteiger partial charge in [-0.1, -0.05) is 32.9 Å². The average molecular weight is 483 g/mol. The Morgan fingerprint density at radius 2 is 1.41 bits per heavy atom. The van der Waals surface area contributed by atoms with Gasteiger partial charge in [-0.2, -0.15) is 0 Å². The van der Waals surface area contributed by atoms with Crippen molar-refractivity contribution in [1.29, 1.82) is 0 Å². The van der Waals surface area contributed by atoms with Gasteiger partial charge in [0.1, 0.15) is 23.0 Å². The van der Waals surface area contributed by atoms with E-state index in [4.69, 9.17) is 23.4 Å². The molecule has 0 aliphatic rings. The molecule has 0 aliphatic heterocycles. The Hall–Kier alpha value is -2.70. The van der Waals surface area contributed by atoms with Gasteiger partial charge in [-0.3, -0.25) is 0 Å². The van der Waals surface area contributed by atoms with Crippen molar-refractivity contribution in [3.05, 3.63) is 47.5 Å². The summed E-state index contributed by atoms with van der Waals surface area (Å²) < 4.78 is 29.6. The molecule has 0 amide bonds. The number of ether oxygens (including phenoxy) is 4. The lowest BCUT2D eigenvalue weighted by Gasteiger charge is -2.36. The minimum absolute atomic E-state index is 0.103. The van der Waals surface area contributed by atoms with Crippen molar-refractivity contribution in [1.82, 2.24) is 0 Å². The third-order valence-corrected chi connectivity index (χ3v) is 11.5. The fraction of sp³-hybridized carbons (Fsp3) is 0.429. The maximum Gasteiger partial charge on any atom is 0.192 e. The van der Waals surface area contributed by atoms with Crippen LogP contribution in [0.1, 0.15) is 31.9 Å². The van der Waals surface area contributed by atoms with Crippen LogP contribution in [0.25, 0.3) is 21.9 Å². The summed E-state index contributed by atoms with van der Waals surface area (Å²) in [6.45, 7) is 13.8. The van der Waals surface area contributed by atoms with Gasteiger partial charge in [0, 0.05) is 11.6 Å². The first kappa shape index (κ1) is 25.9. The average Bonchev–Trinajstić information content (AvgIpc) is 2.80.